The number of rotatable bonds is 10. The van der Waals surface area contributed by atoms with Gasteiger partial charge in [-0.25, -0.2) is 4.79 Å². The van der Waals surface area contributed by atoms with Crippen LogP contribution in [0.5, 0.6) is 0 Å². The summed E-state index contributed by atoms with van der Waals surface area (Å²) in [6.07, 6.45) is 2.57. The molecule has 35 heavy (non-hydrogen) atoms. The molecule has 0 radical (unpaired) electrons. The number of furan rings is 1. The van der Waals surface area contributed by atoms with Gasteiger partial charge in [-0.05, 0) is 28.7 Å². The van der Waals surface area contributed by atoms with Crippen LogP contribution in [0, 0.1) is 0 Å². The zero-order valence-corrected chi connectivity index (χ0v) is 19.5. The van der Waals surface area contributed by atoms with Crippen molar-refractivity contribution in [3.63, 3.8) is 0 Å². The van der Waals surface area contributed by atoms with E-state index in [2.05, 4.69) is 22.8 Å². The third kappa shape index (κ3) is 5.54. The molecule has 8 nitrogen and oxygen atoms in total. The van der Waals surface area contributed by atoms with Gasteiger partial charge in [0.25, 0.3) is 5.91 Å². The van der Waals surface area contributed by atoms with Crippen molar-refractivity contribution in [2.24, 2.45) is 0 Å². The molecule has 0 saturated carbocycles. The highest BCUT2D eigenvalue weighted by Crippen LogP contribution is 2.44. The first kappa shape index (κ1) is 24.1. The molecule has 0 fully saturated rings. The van der Waals surface area contributed by atoms with Crippen LogP contribution in [0.25, 0.3) is 11.1 Å². The van der Waals surface area contributed by atoms with Gasteiger partial charge in [-0.3, -0.25) is 14.9 Å². The van der Waals surface area contributed by atoms with E-state index in [-0.39, 0.29) is 30.4 Å². The molecular weight excluding hydrogens is 448 g/mol. The van der Waals surface area contributed by atoms with E-state index in [1.807, 2.05) is 43.3 Å². The van der Waals surface area contributed by atoms with Gasteiger partial charge < -0.3 is 19.6 Å². The average molecular weight is 477 g/mol. The van der Waals surface area contributed by atoms with E-state index in [0.717, 1.165) is 35.1 Å². The number of unbranched alkanes of at least 4 members (excludes halogenated alkanes) is 1. The fourth-order valence-electron chi connectivity index (χ4n) is 4.47. The standard InChI is InChI=1S/C27H28N2O6/c1-2-3-8-17(15-24(30)31)28-26(32)25-23(13-14-34-25)29-27(33)35-16-22-20-11-6-4-9-18(20)19-10-5-7-12-21(19)22/h4-7,9-14,17,22H,2-3,8,15-16H2,1H3,(H,28,32)(H,29,33)(H,30,31)/t17-/m0/s1. The summed E-state index contributed by atoms with van der Waals surface area (Å²) < 4.78 is 10.8. The minimum atomic E-state index is -0.997. The maximum absolute atomic E-state index is 12.7. The summed E-state index contributed by atoms with van der Waals surface area (Å²) in [4.78, 5) is 36.4. The molecule has 3 aromatic rings. The number of carbonyl (C=O) groups is 3. The molecular formula is C27H28N2O6. The lowest BCUT2D eigenvalue weighted by Crippen LogP contribution is -2.36. The van der Waals surface area contributed by atoms with Crippen LogP contribution in [-0.2, 0) is 9.53 Å². The maximum Gasteiger partial charge on any atom is 0.411 e. The van der Waals surface area contributed by atoms with Crippen molar-refractivity contribution < 1.29 is 28.6 Å². The normalized spacial score (nSPS) is 12.9. The van der Waals surface area contributed by atoms with Gasteiger partial charge >= 0.3 is 12.1 Å². The average Bonchev–Trinajstić information content (AvgIpc) is 3.43. The number of amides is 2. The number of carbonyl (C=O) groups excluding carboxylic acids is 2. The van der Waals surface area contributed by atoms with Crippen molar-refractivity contribution in [2.75, 3.05) is 11.9 Å². The van der Waals surface area contributed by atoms with Crippen molar-refractivity contribution >= 4 is 23.7 Å². The minimum Gasteiger partial charge on any atom is -0.481 e. The van der Waals surface area contributed by atoms with Crippen LogP contribution in [0.1, 0.15) is 60.2 Å². The second-order valence-corrected chi connectivity index (χ2v) is 8.52. The Morgan fingerprint density at radius 2 is 1.69 bits per heavy atom. The first-order chi connectivity index (χ1) is 17.0. The first-order valence-electron chi connectivity index (χ1n) is 11.7. The lowest BCUT2D eigenvalue weighted by Gasteiger charge is -2.16. The van der Waals surface area contributed by atoms with Crippen molar-refractivity contribution in [3.05, 3.63) is 77.7 Å². The second-order valence-electron chi connectivity index (χ2n) is 8.52. The molecule has 1 aromatic heterocycles. The number of nitrogens with one attached hydrogen (secondary N) is 2. The Morgan fingerprint density at radius 1 is 1.03 bits per heavy atom. The SMILES string of the molecule is CCCC[C@@H](CC(=O)O)NC(=O)c1occc1NC(=O)OCC1c2ccccc2-c2ccccc21. The largest absolute Gasteiger partial charge is 0.481 e. The van der Waals surface area contributed by atoms with Gasteiger partial charge in [0.05, 0.1) is 18.4 Å². The molecule has 2 amide bonds. The quantitative estimate of drug-likeness (QED) is 0.360. The number of benzene rings is 2. The van der Waals surface area contributed by atoms with Crippen LogP contribution in [-0.4, -0.2) is 35.7 Å². The van der Waals surface area contributed by atoms with E-state index in [9.17, 15) is 14.4 Å². The number of carboxylic acid groups (broad SMARTS) is 1. The molecule has 4 rings (SSSR count). The number of ether oxygens (including phenoxy) is 1. The highest BCUT2D eigenvalue weighted by atomic mass is 16.5. The molecule has 1 aliphatic rings. The summed E-state index contributed by atoms with van der Waals surface area (Å²) in [5.74, 6) is -1.78. The van der Waals surface area contributed by atoms with Crippen LogP contribution in [0.2, 0.25) is 0 Å². The van der Waals surface area contributed by atoms with Crippen molar-refractivity contribution in [3.8, 4) is 11.1 Å². The van der Waals surface area contributed by atoms with E-state index in [4.69, 9.17) is 14.3 Å². The van der Waals surface area contributed by atoms with Crippen LogP contribution >= 0.6 is 0 Å². The molecule has 8 heteroatoms. The molecule has 0 aliphatic heterocycles. The maximum atomic E-state index is 12.7. The summed E-state index contributed by atoms with van der Waals surface area (Å²) in [5, 5.41) is 14.4. The Morgan fingerprint density at radius 3 is 2.31 bits per heavy atom. The zero-order valence-electron chi connectivity index (χ0n) is 19.5. The highest BCUT2D eigenvalue weighted by Gasteiger charge is 2.29. The van der Waals surface area contributed by atoms with E-state index >= 15 is 0 Å². The van der Waals surface area contributed by atoms with Crippen molar-refractivity contribution in [1.82, 2.24) is 5.32 Å². The molecule has 0 bridgehead atoms. The third-order valence-electron chi connectivity index (χ3n) is 6.11. The third-order valence-corrected chi connectivity index (χ3v) is 6.11. The summed E-state index contributed by atoms with van der Waals surface area (Å²) in [7, 11) is 0. The fourth-order valence-corrected chi connectivity index (χ4v) is 4.47. The van der Waals surface area contributed by atoms with E-state index in [0.29, 0.717) is 6.42 Å². The Hall–Kier alpha value is -4.07. The number of fused-ring (bicyclic) bond motifs is 3. The molecule has 0 saturated heterocycles. The van der Waals surface area contributed by atoms with E-state index in [1.165, 1.54) is 12.3 Å². The van der Waals surface area contributed by atoms with Gasteiger partial charge in [0.1, 0.15) is 6.61 Å². The zero-order chi connectivity index (χ0) is 24.8. The van der Waals surface area contributed by atoms with E-state index < -0.39 is 24.0 Å². The molecule has 1 atom stereocenters. The monoisotopic (exact) mass is 476 g/mol. The lowest BCUT2D eigenvalue weighted by molar-refractivity contribution is -0.137. The molecule has 182 valence electrons. The minimum absolute atomic E-state index is 0.0874. The van der Waals surface area contributed by atoms with Gasteiger partial charge in [0.2, 0.25) is 5.76 Å². The number of hydrogen-bond donors (Lipinski definition) is 3. The number of aliphatic carboxylic acids is 1. The summed E-state index contributed by atoms with van der Waals surface area (Å²) >= 11 is 0. The summed E-state index contributed by atoms with van der Waals surface area (Å²) in [5.41, 5.74) is 4.61. The Balaban J connectivity index is 1.39. The van der Waals surface area contributed by atoms with Crippen LogP contribution in [0.3, 0.4) is 0 Å². The van der Waals surface area contributed by atoms with Crippen LogP contribution in [0.15, 0.2) is 65.3 Å². The van der Waals surface area contributed by atoms with E-state index in [1.54, 1.807) is 0 Å². The molecule has 1 aliphatic carbocycles. The van der Waals surface area contributed by atoms with Gasteiger partial charge in [0.15, 0.2) is 0 Å². The lowest BCUT2D eigenvalue weighted by atomic mass is 9.98. The molecule has 2 aromatic carbocycles. The highest BCUT2D eigenvalue weighted by molar-refractivity contribution is 6.00. The van der Waals surface area contributed by atoms with Gasteiger partial charge in [-0.15, -0.1) is 0 Å². The predicted molar refractivity (Wildman–Crippen MR) is 130 cm³/mol. The predicted octanol–water partition coefficient (Wildman–Crippen LogP) is 5.40. The molecule has 1 heterocycles. The van der Waals surface area contributed by atoms with Gasteiger partial charge in [0, 0.05) is 18.0 Å². The van der Waals surface area contributed by atoms with Gasteiger partial charge in [-0.1, -0.05) is 68.3 Å². The molecule has 0 spiro atoms. The van der Waals surface area contributed by atoms with Crippen molar-refractivity contribution in [2.45, 2.75) is 44.6 Å². The first-order valence-corrected chi connectivity index (χ1v) is 11.7. The van der Waals surface area contributed by atoms with Crippen LogP contribution in [0.4, 0.5) is 10.5 Å². The van der Waals surface area contributed by atoms with Crippen molar-refractivity contribution in [1.29, 1.82) is 0 Å². The molecule has 0 unspecified atom stereocenters. The van der Waals surface area contributed by atoms with Gasteiger partial charge in [-0.2, -0.15) is 0 Å². The summed E-state index contributed by atoms with van der Waals surface area (Å²) in [6, 6.07) is 17.0. The number of hydrogen-bond acceptors (Lipinski definition) is 5. The Labute approximate surface area is 203 Å². The topological polar surface area (TPSA) is 118 Å². The van der Waals surface area contributed by atoms with Crippen LogP contribution < -0.4 is 10.6 Å². The number of carboxylic acids is 1. The summed E-state index contributed by atoms with van der Waals surface area (Å²) in [6.45, 7) is 2.12. The Kier molecular flexibility index (Phi) is 7.50. The second kappa shape index (κ2) is 10.9. The Bertz CT molecular complexity index is 1170. The number of anilines is 1. The fraction of sp³-hybridized carbons (Fsp3) is 0.296. The smallest absolute Gasteiger partial charge is 0.411 e. The molecule has 3 N–H and O–H groups in total.